The maximum absolute atomic E-state index is 14.6. The lowest BCUT2D eigenvalue weighted by Crippen LogP contribution is -2.36. The van der Waals surface area contributed by atoms with E-state index >= 15 is 0 Å². The van der Waals surface area contributed by atoms with Gasteiger partial charge in [-0.15, -0.1) is 21.5 Å². The fourth-order valence-corrected chi connectivity index (χ4v) is 4.23. The maximum Gasteiger partial charge on any atom is 0.230 e. The zero-order valence-corrected chi connectivity index (χ0v) is 17.2. The number of aromatic nitrogens is 5. The van der Waals surface area contributed by atoms with Gasteiger partial charge < -0.3 is 9.73 Å². The second kappa shape index (κ2) is 7.24. The Bertz CT molecular complexity index is 1350. The number of nitrogens with one attached hydrogen (secondary N) is 1. The summed E-state index contributed by atoms with van der Waals surface area (Å²) in [6, 6.07) is 5.27. The highest BCUT2D eigenvalue weighted by molar-refractivity contribution is 7.18. The number of halogens is 1. The molecule has 0 unspecified atom stereocenters. The molecule has 0 aliphatic heterocycles. The molecule has 9 nitrogen and oxygen atoms in total. The third kappa shape index (κ3) is 3.89. The molecule has 3 heterocycles. The molecule has 156 valence electrons. The molecule has 0 atom stereocenters. The molecule has 0 saturated heterocycles. The minimum Gasteiger partial charge on any atom is -0.424 e. The summed E-state index contributed by atoms with van der Waals surface area (Å²) in [5.74, 6) is -0.203. The fourth-order valence-electron chi connectivity index (χ4n) is 3.25. The Labute approximate surface area is 179 Å². The number of amides is 1. The highest BCUT2D eigenvalue weighted by Crippen LogP contribution is 2.34. The average Bonchev–Trinajstić information content (AvgIpc) is 3.04. The van der Waals surface area contributed by atoms with Gasteiger partial charge in [-0.3, -0.25) is 9.48 Å². The van der Waals surface area contributed by atoms with Crippen molar-refractivity contribution in [1.82, 2.24) is 30.3 Å². The van der Waals surface area contributed by atoms with Gasteiger partial charge in [0.2, 0.25) is 17.7 Å². The lowest BCUT2D eigenvalue weighted by Gasteiger charge is -2.06. The van der Waals surface area contributed by atoms with Crippen LogP contribution in [-0.4, -0.2) is 36.4 Å². The zero-order valence-electron chi connectivity index (χ0n) is 16.4. The van der Waals surface area contributed by atoms with E-state index in [9.17, 15) is 9.18 Å². The van der Waals surface area contributed by atoms with Crippen molar-refractivity contribution >= 4 is 27.5 Å². The van der Waals surface area contributed by atoms with Crippen molar-refractivity contribution in [3.8, 4) is 17.2 Å². The number of hydrogen-bond donors (Lipinski definition) is 1. The number of carbonyl (C=O) groups excluding carboxylic acids is 1. The van der Waals surface area contributed by atoms with Crippen molar-refractivity contribution in [2.24, 2.45) is 7.05 Å². The number of carbonyl (C=O) groups is 1. The van der Waals surface area contributed by atoms with E-state index in [0.29, 0.717) is 40.4 Å². The van der Waals surface area contributed by atoms with Crippen molar-refractivity contribution in [3.63, 3.8) is 0 Å². The van der Waals surface area contributed by atoms with Gasteiger partial charge in [-0.05, 0) is 18.9 Å². The normalized spacial score (nSPS) is 14.5. The molecule has 1 saturated carbocycles. The molecule has 31 heavy (non-hydrogen) atoms. The maximum atomic E-state index is 14.6. The first-order valence-electron chi connectivity index (χ1n) is 9.54. The number of nitrogens with zero attached hydrogens (tertiary/aromatic N) is 6. The number of rotatable bonds is 6. The Morgan fingerprint density at radius 2 is 2.19 bits per heavy atom. The fraction of sp³-hybridized carbons (Fsp3) is 0.300. The standard InChI is InChI=1S/C20H16FN7O2S/c1-28-9-11(8-23-28)12-4-15-14(5-13(12)21)24-19(31-15)7-18-27-26-17(30-18)6-16(29)25-20(10-22)2-3-20/h4-5,8-9H,2-3,6-7H2,1H3,(H,25,29). The van der Waals surface area contributed by atoms with Gasteiger partial charge in [0.05, 0.1) is 28.9 Å². The van der Waals surface area contributed by atoms with Crippen LogP contribution < -0.4 is 5.32 Å². The van der Waals surface area contributed by atoms with Crippen molar-refractivity contribution in [3.05, 3.63) is 47.1 Å². The van der Waals surface area contributed by atoms with E-state index in [4.69, 9.17) is 9.68 Å². The minimum atomic E-state index is -0.731. The highest BCUT2D eigenvalue weighted by atomic mass is 32.1. The van der Waals surface area contributed by atoms with E-state index in [1.54, 1.807) is 30.2 Å². The van der Waals surface area contributed by atoms with Gasteiger partial charge in [-0.2, -0.15) is 10.4 Å². The predicted octanol–water partition coefficient (Wildman–Crippen LogP) is 2.52. The Balaban J connectivity index is 1.31. The lowest BCUT2D eigenvalue weighted by molar-refractivity contribution is -0.121. The summed E-state index contributed by atoms with van der Waals surface area (Å²) < 4.78 is 22.6. The molecule has 1 fully saturated rings. The first kappa shape index (κ1) is 19.3. The first-order chi connectivity index (χ1) is 14.9. The molecule has 0 spiro atoms. The van der Waals surface area contributed by atoms with E-state index < -0.39 is 5.54 Å². The summed E-state index contributed by atoms with van der Waals surface area (Å²) in [6.07, 6.45) is 4.87. The summed E-state index contributed by atoms with van der Waals surface area (Å²) >= 11 is 1.41. The predicted molar refractivity (Wildman–Crippen MR) is 108 cm³/mol. The Hall–Kier alpha value is -3.65. The minimum absolute atomic E-state index is 0.0873. The second-order valence-corrected chi connectivity index (χ2v) is 8.61. The summed E-state index contributed by atoms with van der Waals surface area (Å²) in [7, 11) is 1.78. The van der Waals surface area contributed by atoms with Crippen molar-refractivity contribution in [1.29, 1.82) is 5.26 Å². The van der Waals surface area contributed by atoms with E-state index in [1.165, 1.54) is 17.4 Å². The largest absolute Gasteiger partial charge is 0.424 e. The van der Waals surface area contributed by atoms with Crippen LogP contribution in [0.5, 0.6) is 0 Å². The van der Waals surface area contributed by atoms with E-state index in [1.807, 2.05) is 0 Å². The van der Waals surface area contributed by atoms with Gasteiger partial charge in [0.15, 0.2) is 0 Å². The molecule has 1 amide bonds. The monoisotopic (exact) mass is 437 g/mol. The van der Waals surface area contributed by atoms with E-state index in [2.05, 4.69) is 31.7 Å². The zero-order chi connectivity index (χ0) is 21.6. The van der Waals surface area contributed by atoms with E-state index in [-0.39, 0.29) is 30.5 Å². The van der Waals surface area contributed by atoms with Crippen LogP contribution >= 0.6 is 11.3 Å². The molecule has 5 rings (SSSR count). The third-order valence-corrected chi connectivity index (χ3v) is 6.02. The van der Waals surface area contributed by atoms with E-state index in [0.717, 1.165) is 4.70 Å². The Morgan fingerprint density at radius 1 is 1.39 bits per heavy atom. The van der Waals surface area contributed by atoms with Crippen LogP contribution in [0.3, 0.4) is 0 Å². The molecule has 1 aliphatic rings. The topological polar surface area (TPSA) is 123 Å². The van der Waals surface area contributed by atoms with Crippen LogP contribution in [0.1, 0.15) is 29.6 Å². The van der Waals surface area contributed by atoms with Crippen LogP contribution in [0.15, 0.2) is 28.9 Å². The van der Waals surface area contributed by atoms with Crippen LogP contribution in [0, 0.1) is 17.1 Å². The second-order valence-electron chi connectivity index (χ2n) is 7.50. The number of fused-ring (bicyclic) bond motifs is 1. The first-order valence-corrected chi connectivity index (χ1v) is 10.4. The Morgan fingerprint density at radius 3 is 2.90 bits per heavy atom. The molecule has 11 heteroatoms. The van der Waals surface area contributed by atoms with Crippen LogP contribution in [-0.2, 0) is 24.7 Å². The quantitative estimate of drug-likeness (QED) is 0.492. The number of benzene rings is 1. The van der Waals surface area contributed by atoms with Gasteiger partial charge in [0.25, 0.3) is 0 Å². The van der Waals surface area contributed by atoms with Gasteiger partial charge >= 0.3 is 0 Å². The van der Waals surface area contributed by atoms with Crippen LogP contribution in [0.25, 0.3) is 21.3 Å². The number of aryl methyl sites for hydroxylation is 1. The van der Waals surface area contributed by atoms with Gasteiger partial charge in [0.1, 0.15) is 22.8 Å². The average molecular weight is 437 g/mol. The number of thiazole rings is 1. The van der Waals surface area contributed by atoms with Gasteiger partial charge in [-0.25, -0.2) is 9.37 Å². The number of nitriles is 1. The summed E-state index contributed by atoms with van der Waals surface area (Å²) in [6.45, 7) is 0. The molecule has 1 aromatic carbocycles. The molecule has 0 bridgehead atoms. The smallest absolute Gasteiger partial charge is 0.230 e. The molecule has 1 N–H and O–H groups in total. The Kier molecular flexibility index (Phi) is 4.51. The molecule has 0 radical (unpaired) electrons. The molecular formula is C20H16FN7O2S. The van der Waals surface area contributed by atoms with Crippen molar-refractivity contribution in [2.75, 3.05) is 0 Å². The summed E-state index contributed by atoms with van der Waals surface area (Å²) in [5.41, 5.74) is 0.981. The molecule has 3 aromatic heterocycles. The van der Waals surface area contributed by atoms with Crippen LogP contribution in [0.4, 0.5) is 4.39 Å². The SMILES string of the molecule is Cn1cc(-c2cc3sc(Cc4nnc(CC(=O)NC5(C#N)CC5)o4)nc3cc2F)cn1. The van der Waals surface area contributed by atoms with Crippen molar-refractivity contribution in [2.45, 2.75) is 31.2 Å². The molecule has 4 aromatic rings. The molecular weight excluding hydrogens is 421 g/mol. The number of hydrogen-bond acceptors (Lipinski definition) is 8. The lowest BCUT2D eigenvalue weighted by atomic mass is 10.1. The highest BCUT2D eigenvalue weighted by Gasteiger charge is 2.44. The van der Waals surface area contributed by atoms with Gasteiger partial charge in [-0.1, -0.05) is 0 Å². The summed E-state index contributed by atoms with van der Waals surface area (Å²) in [5, 5.41) is 24.4. The third-order valence-electron chi connectivity index (χ3n) is 5.00. The summed E-state index contributed by atoms with van der Waals surface area (Å²) in [4.78, 5) is 16.5. The van der Waals surface area contributed by atoms with Crippen LogP contribution in [0.2, 0.25) is 0 Å². The van der Waals surface area contributed by atoms with Gasteiger partial charge in [0, 0.05) is 30.4 Å². The van der Waals surface area contributed by atoms with Crippen molar-refractivity contribution < 1.29 is 13.6 Å². The molecule has 1 aliphatic carbocycles.